The quantitative estimate of drug-likeness (QED) is 0.633. The van der Waals surface area contributed by atoms with Crippen molar-refractivity contribution in [2.45, 2.75) is 38.9 Å². The van der Waals surface area contributed by atoms with Crippen molar-refractivity contribution >= 4 is 24.1 Å². The van der Waals surface area contributed by atoms with Crippen LogP contribution in [-0.4, -0.2) is 42.2 Å². The molecule has 0 unspecified atom stereocenters. The van der Waals surface area contributed by atoms with Crippen LogP contribution in [0.5, 0.6) is 0 Å². The molecule has 24 heavy (non-hydrogen) atoms. The highest BCUT2D eigenvalue weighted by Gasteiger charge is 2.51. The summed E-state index contributed by atoms with van der Waals surface area (Å²) in [7, 11) is -0.372. The lowest BCUT2D eigenvalue weighted by atomic mass is 9.78. The Morgan fingerprint density at radius 2 is 1.92 bits per heavy atom. The molecule has 0 atom stereocenters. The van der Waals surface area contributed by atoms with E-state index in [0.717, 1.165) is 16.6 Å². The van der Waals surface area contributed by atoms with Gasteiger partial charge in [0.15, 0.2) is 0 Å². The molecule has 5 heteroatoms. The number of amides is 1. The Kier molecular flexibility index (Phi) is 4.18. The van der Waals surface area contributed by atoms with E-state index in [0.29, 0.717) is 13.1 Å². The average molecular weight is 325 g/mol. The molecule has 0 aromatic heterocycles. The molecule has 0 radical (unpaired) electrons. The highest BCUT2D eigenvalue weighted by molar-refractivity contribution is 6.62. The molecule has 0 aliphatic carbocycles. The smallest absolute Gasteiger partial charge is 0.399 e. The maximum Gasteiger partial charge on any atom is 0.494 e. The van der Waals surface area contributed by atoms with Crippen molar-refractivity contribution in [3.8, 4) is 0 Å². The molecule has 1 amide bonds. The molecular weight excluding hydrogens is 301 g/mol. The summed E-state index contributed by atoms with van der Waals surface area (Å²) in [6.45, 7) is 13.0. The SMILES string of the molecule is C=CC(=O)N1CC=C(c2cccc(B3OC(C)(C)C(C)(C)O3)c2)C1. The Labute approximate surface area is 144 Å². The van der Waals surface area contributed by atoms with Crippen molar-refractivity contribution in [1.29, 1.82) is 0 Å². The van der Waals surface area contributed by atoms with E-state index in [1.54, 1.807) is 4.90 Å². The second-order valence-corrected chi connectivity index (χ2v) is 7.37. The molecule has 0 N–H and O–H groups in total. The molecule has 2 heterocycles. The summed E-state index contributed by atoms with van der Waals surface area (Å²) in [5, 5.41) is 0. The van der Waals surface area contributed by atoms with Crippen LogP contribution in [0.2, 0.25) is 0 Å². The van der Waals surface area contributed by atoms with Gasteiger partial charge in [-0.15, -0.1) is 0 Å². The molecule has 0 saturated carbocycles. The summed E-state index contributed by atoms with van der Waals surface area (Å²) in [5.41, 5.74) is 2.53. The van der Waals surface area contributed by atoms with Gasteiger partial charge in [-0.25, -0.2) is 0 Å². The minimum Gasteiger partial charge on any atom is -0.399 e. The summed E-state index contributed by atoms with van der Waals surface area (Å²) < 4.78 is 12.3. The molecule has 126 valence electrons. The predicted molar refractivity (Wildman–Crippen MR) is 96.9 cm³/mol. The Morgan fingerprint density at radius 3 is 2.54 bits per heavy atom. The maximum atomic E-state index is 11.7. The van der Waals surface area contributed by atoms with Gasteiger partial charge in [-0.2, -0.15) is 0 Å². The highest BCUT2D eigenvalue weighted by Crippen LogP contribution is 2.36. The Balaban J connectivity index is 1.79. The first-order chi connectivity index (χ1) is 11.2. The fourth-order valence-electron chi connectivity index (χ4n) is 2.93. The highest BCUT2D eigenvalue weighted by atomic mass is 16.7. The van der Waals surface area contributed by atoms with Gasteiger partial charge in [0.1, 0.15) is 0 Å². The number of benzene rings is 1. The third-order valence-corrected chi connectivity index (χ3v) is 5.19. The number of nitrogens with zero attached hydrogens (tertiary/aromatic N) is 1. The van der Waals surface area contributed by atoms with Crippen molar-refractivity contribution in [1.82, 2.24) is 4.90 Å². The van der Waals surface area contributed by atoms with E-state index in [2.05, 4.69) is 52.5 Å². The van der Waals surface area contributed by atoms with Crippen molar-refractivity contribution in [3.63, 3.8) is 0 Å². The van der Waals surface area contributed by atoms with Crippen molar-refractivity contribution in [3.05, 3.63) is 48.6 Å². The second kappa shape index (κ2) is 5.90. The van der Waals surface area contributed by atoms with E-state index >= 15 is 0 Å². The minimum absolute atomic E-state index is 0.0386. The molecule has 3 rings (SSSR count). The first-order valence-corrected chi connectivity index (χ1v) is 8.30. The zero-order valence-electron chi connectivity index (χ0n) is 14.8. The molecule has 2 aliphatic rings. The van der Waals surface area contributed by atoms with Crippen LogP contribution in [0.15, 0.2) is 43.0 Å². The summed E-state index contributed by atoms with van der Waals surface area (Å²) in [5.74, 6) is -0.0386. The third-order valence-electron chi connectivity index (χ3n) is 5.19. The summed E-state index contributed by atoms with van der Waals surface area (Å²) in [6.07, 6.45) is 3.45. The number of hydrogen-bond acceptors (Lipinski definition) is 3. The van der Waals surface area contributed by atoms with Crippen LogP contribution in [0.4, 0.5) is 0 Å². The molecule has 1 aromatic rings. The van der Waals surface area contributed by atoms with E-state index < -0.39 is 0 Å². The van der Waals surface area contributed by atoms with Crippen LogP contribution < -0.4 is 5.46 Å². The van der Waals surface area contributed by atoms with Gasteiger partial charge in [0.25, 0.3) is 0 Å². The van der Waals surface area contributed by atoms with Gasteiger partial charge in [0.2, 0.25) is 5.91 Å². The Morgan fingerprint density at radius 1 is 1.25 bits per heavy atom. The lowest BCUT2D eigenvalue weighted by Gasteiger charge is -2.32. The monoisotopic (exact) mass is 325 g/mol. The molecule has 4 nitrogen and oxygen atoms in total. The van der Waals surface area contributed by atoms with Crippen LogP contribution in [0.1, 0.15) is 33.3 Å². The van der Waals surface area contributed by atoms with E-state index in [-0.39, 0.29) is 24.2 Å². The van der Waals surface area contributed by atoms with Gasteiger partial charge in [-0.05, 0) is 50.4 Å². The lowest BCUT2D eigenvalue weighted by molar-refractivity contribution is -0.124. The molecule has 2 aliphatic heterocycles. The van der Waals surface area contributed by atoms with Gasteiger partial charge in [-0.3, -0.25) is 4.79 Å². The third kappa shape index (κ3) is 2.94. The Bertz CT molecular complexity index is 692. The second-order valence-electron chi connectivity index (χ2n) is 7.37. The van der Waals surface area contributed by atoms with Crippen LogP contribution in [-0.2, 0) is 14.1 Å². The van der Waals surface area contributed by atoms with Gasteiger partial charge in [0, 0.05) is 13.1 Å². The number of carbonyl (C=O) groups excluding carboxylic acids is 1. The lowest BCUT2D eigenvalue weighted by Crippen LogP contribution is -2.41. The van der Waals surface area contributed by atoms with Crippen molar-refractivity contribution in [2.75, 3.05) is 13.1 Å². The van der Waals surface area contributed by atoms with E-state index in [1.807, 2.05) is 12.1 Å². The predicted octanol–water partition coefficient (Wildman–Crippen LogP) is 2.40. The topological polar surface area (TPSA) is 38.8 Å². The zero-order chi connectivity index (χ0) is 17.5. The summed E-state index contributed by atoms with van der Waals surface area (Å²) >= 11 is 0. The number of rotatable bonds is 3. The number of carbonyl (C=O) groups is 1. The van der Waals surface area contributed by atoms with Crippen LogP contribution in [0.25, 0.3) is 5.57 Å². The van der Waals surface area contributed by atoms with E-state index in [1.165, 1.54) is 6.08 Å². The molecule has 0 bridgehead atoms. The van der Waals surface area contributed by atoms with Crippen LogP contribution in [0.3, 0.4) is 0 Å². The number of hydrogen-bond donors (Lipinski definition) is 0. The summed E-state index contributed by atoms with van der Waals surface area (Å²) in [6, 6.07) is 8.18. The standard InChI is InChI=1S/C19H24BNO3/c1-6-17(22)21-11-10-15(13-21)14-8-7-9-16(12-14)20-23-18(2,3)19(4,5)24-20/h6-10,12H,1,11,13H2,2-5H3. The average Bonchev–Trinajstić information content (AvgIpc) is 3.10. The first-order valence-electron chi connectivity index (χ1n) is 8.30. The fourth-order valence-corrected chi connectivity index (χ4v) is 2.93. The van der Waals surface area contributed by atoms with Gasteiger partial charge < -0.3 is 14.2 Å². The van der Waals surface area contributed by atoms with Gasteiger partial charge in [0.05, 0.1) is 11.2 Å². The maximum absolute atomic E-state index is 11.7. The fraction of sp³-hybridized carbons (Fsp3) is 0.421. The van der Waals surface area contributed by atoms with Gasteiger partial charge >= 0.3 is 7.12 Å². The summed E-state index contributed by atoms with van der Waals surface area (Å²) in [4.78, 5) is 13.5. The molecular formula is C19H24BNO3. The molecule has 0 spiro atoms. The molecule has 1 aromatic carbocycles. The van der Waals surface area contributed by atoms with Gasteiger partial charge in [-0.1, -0.05) is 36.9 Å². The van der Waals surface area contributed by atoms with E-state index in [9.17, 15) is 4.79 Å². The largest absolute Gasteiger partial charge is 0.494 e. The molecule has 1 saturated heterocycles. The van der Waals surface area contributed by atoms with Crippen molar-refractivity contribution < 1.29 is 14.1 Å². The van der Waals surface area contributed by atoms with Crippen LogP contribution >= 0.6 is 0 Å². The first kappa shape index (κ1) is 17.0. The normalized spacial score (nSPS) is 21.8. The van der Waals surface area contributed by atoms with E-state index in [4.69, 9.17) is 9.31 Å². The Hall–Kier alpha value is -1.85. The van der Waals surface area contributed by atoms with Crippen LogP contribution in [0, 0.1) is 0 Å². The minimum atomic E-state index is -0.372. The molecule has 1 fully saturated rings. The zero-order valence-corrected chi connectivity index (χ0v) is 14.8. The van der Waals surface area contributed by atoms with Crippen molar-refractivity contribution in [2.24, 2.45) is 0 Å².